The van der Waals surface area contributed by atoms with Gasteiger partial charge in [0.05, 0.1) is 21.6 Å². The van der Waals surface area contributed by atoms with E-state index in [1.165, 1.54) is 12.1 Å². The number of ether oxygens (including phenoxy) is 1. The van der Waals surface area contributed by atoms with E-state index in [1.54, 1.807) is 37.3 Å². The number of rotatable bonds is 10. The average Bonchev–Trinajstić information content (AvgIpc) is 3.27. The van der Waals surface area contributed by atoms with Crippen molar-refractivity contribution in [1.29, 1.82) is 0 Å². The van der Waals surface area contributed by atoms with E-state index in [2.05, 4.69) is 5.32 Å². The van der Waals surface area contributed by atoms with Crippen molar-refractivity contribution in [3.05, 3.63) is 97.4 Å². The summed E-state index contributed by atoms with van der Waals surface area (Å²) in [6.45, 7) is 4.48. The molecule has 1 heterocycles. The smallest absolute Gasteiger partial charge is 0.374 e. The maximum Gasteiger partial charge on any atom is 0.374 e. The lowest BCUT2D eigenvalue weighted by Crippen LogP contribution is -2.33. The fourth-order valence-corrected chi connectivity index (χ4v) is 3.93. The van der Waals surface area contributed by atoms with Gasteiger partial charge in [-0.15, -0.1) is 0 Å². The number of carbonyl (C=O) groups excluding carboxylic acids is 1. The Labute approximate surface area is 201 Å². The van der Waals surface area contributed by atoms with Gasteiger partial charge in [0.2, 0.25) is 5.76 Å². The molecule has 33 heavy (non-hydrogen) atoms. The standard InChI is InChI=1S/C24H24Cl2N2O5/c1-3-32-24(29)22-12-11-19(33-22)13-20(16-7-9-18(10-8-16)28(30)31)15(2)27-14-17-5-4-6-21(25)23(17)26/h4-12,15,20,27H,3,13-14H2,1-2H3. The average molecular weight is 491 g/mol. The van der Waals surface area contributed by atoms with Gasteiger partial charge in [0.1, 0.15) is 5.76 Å². The molecule has 0 bridgehead atoms. The zero-order valence-electron chi connectivity index (χ0n) is 18.2. The first kappa shape index (κ1) is 24.8. The molecule has 174 valence electrons. The lowest BCUT2D eigenvalue weighted by molar-refractivity contribution is -0.384. The number of non-ortho nitro benzene ring substituents is 1. The topological polar surface area (TPSA) is 94.6 Å². The number of esters is 1. The third-order valence-corrected chi connectivity index (χ3v) is 6.20. The number of nitro groups is 1. The molecule has 2 atom stereocenters. The maximum atomic E-state index is 12.0. The molecule has 9 heteroatoms. The summed E-state index contributed by atoms with van der Waals surface area (Å²) in [6, 6.07) is 15.2. The third-order valence-electron chi connectivity index (χ3n) is 5.34. The first-order chi connectivity index (χ1) is 15.8. The summed E-state index contributed by atoms with van der Waals surface area (Å²) < 4.78 is 10.7. The first-order valence-electron chi connectivity index (χ1n) is 10.5. The van der Waals surface area contributed by atoms with Crippen molar-refractivity contribution in [2.75, 3.05) is 6.61 Å². The Hall–Kier alpha value is -2.87. The minimum Gasteiger partial charge on any atom is -0.460 e. The van der Waals surface area contributed by atoms with Crippen molar-refractivity contribution in [2.45, 2.75) is 38.8 Å². The molecule has 7 nitrogen and oxygen atoms in total. The van der Waals surface area contributed by atoms with Crippen LogP contribution in [0.25, 0.3) is 0 Å². The minimum absolute atomic E-state index is 0.0198. The van der Waals surface area contributed by atoms with Crippen LogP contribution < -0.4 is 5.32 Å². The predicted octanol–water partition coefficient (Wildman–Crippen LogP) is 6.18. The van der Waals surface area contributed by atoms with E-state index in [-0.39, 0.29) is 30.0 Å². The van der Waals surface area contributed by atoms with E-state index in [9.17, 15) is 14.9 Å². The Kier molecular flexibility index (Phi) is 8.49. The Bertz CT molecular complexity index is 1110. The quantitative estimate of drug-likeness (QED) is 0.207. The summed E-state index contributed by atoms with van der Waals surface area (Å²) in [7, 11) is 0. The first-order valence-corrected chi connectivity index (χ1v) is 11.2. The van der Waals surface area contributed by atoms with Crippen LogP contribution in [0.15, 0.2) is 59.0 Å². The van der Waals surface area contributed by atoms with Crippen LogP contribution in [0.3, 0.4) is 0 Å². The number of hydrogen-bond donors (Lipinski definition) is 1. The predicted molar refractivity (Wildman–Crippen MR) is 127 cm³/mol. The largest absolute Gasteiger partial charge is 0.460 e. The lowest BCUT2D eigenvalue weighted by Gasteiger charge is -2.25. The second-order valence-corrected chi connectivity index (χ2v) is 8.31. The van der Waals surface area contributed by atoms with E-state index < -0.39 is 10.9 Å². The van der Waals surface area contributed by atoms with Crippen LogP contribution in [0.1, 0.15) is 47.2 Å². The Morgan fingerprint density at radius 3 is 2.55 bits per heavy atom. The molecule has 0 saturated carbocycles. The monoisotopic (exact) mass is 490 g/mol. The maximum absolute atomic E-state index is 12.0. The molecule has 0 radical (unpaired) electrons. The molecule has 3 rings (SSSR count). The molecule has 0 aliphatic heterocycles. The Morgan fingerprint density at radius 2 is 1.88 bits per heavy atom. The summed E-state index contributed by atoms with van der Waals surface area (Å²) in [5.41, 5.74) is 1.78. The van der Waals surface area contributed by atoms with Crippen LogP contribution >= 0.6 is 23.2 Å². The van der Waals surface area contributed by atoms with E-state index >= 15 is 0 Å². The van der Waals surface area contributed by atoms with Gasteiger partial charge in [0.15, 0.2) is 0 Å². The molecule has 0 aliphatic rings. The zero-order chi connectivity index (χ0) is 24.0. The summed E-state index contributed by atoms with van der Waals surface area (Å²) in [5, 5.41) is 15.5. The van der Waals surface area contributed by atoms with Crippen LogP contribution in [0.2, 0.25) is 10.0 Å². The van der Waals surface area contributed by atoms with Crippen molar-refractivity contribution in [3.8, 4) is 0 Å². The highest BCUT2D eigenvalue weighted by Gasteiger charge is 2.23. The van der Waals surface area contributed by atoms with E-state index in [4.69, 9.17) is 32.4 Å². The fourth-order valence-electron chi connectivity index (χ4n) is 3.54. The molecule has 1 aromatic heterocycles. The molecule has 3 aromatic rings. The van der Waals surface area contributed by atoms with Crippen molar-refractivity contribution >= 4 is 34.9 Å². The summed E-state index contributed by atoms with van der Waals surface area (Å²) in [5.74, 6) is 0.124. The second-order valence-electron chi connectivity index (χ2n) is 7.53. The van der Waals surface area contributed by atoms with Gasteiger partial charge in [-0.05, 0) is 43.2 Å². The Balaban J connectivity index is 1.82. The van der Waals surface area contributed by atoms with Gasteiger partial charge >= 0.3 is 5.97 Å². The number of nitrogens with one attached hydrogen (secondary N) is 1. The van der Waals surface area contributed by atoms with Crippen molar-refractivity contribution in [2.24, 2.45) is 0 Å². The number of nitro benzene ring substituents is 1. The van der Waals surface area contributed by atoms with Gasteiger partial charge in [-0.1, -0.05) is 47.5 Å². The molecule has 0 spiro atoms. The van der Waals surface area contributed by atoms with Gasteiger partial charge in [0, 0.05) is 37.1 Å². The summed E-state index contributed by atoms with van der Waals surface area (Å²) >= 11 is 12.4. The second kappa shape index (κ2) is 11.3. The van der Waals surface area contributed by atoms with Crippen LogP contribution in [-0.4, -0.2) is 23.5 Å². The van der Waals surface area contributed by atoms with E-state index in [1.807, 2.05) is 19.1 Å². The molecule has 0 saturated heterocycles. The van der Waals surface area contributed by atoms with Gasteiger partial charge in [-0.3, -0.25) is 10.1 Å². The van der Waals surface area contributed by atoms with Gasteiger partial charge in [-0.2, -0.15) is 0 Å². The number of halogens is 2. The lowest BCUT2D eigenvalue weighted by atomic mass is 9.88. The molecule has 2 aromatic carbocycles. The van der Waals surface area contributed by atoms with Crippen LogP contribution in [0.5, 0.6) is 0 Å². The van der Waals surface area contributed by atoms with Gasteiger partial charge < -0.3 is 14.5 Å². The molecule has 0 aliphatic carbocycles. The van der Waals surface area contributed by atoms with Gasteiger partial charge in [-0.25, -0.2) is 4.79 Å². The molecular weight excluding hydrogens is 467 g/mol. The highest BCUT2D eigenvalue weighted by Crippen LogP contribution is 2.29. The van der Waals surface area contributed by atoms with Crippen molar-refractivity contribution in [3.63, 3.8) is 0 Å². The Morgan fingerprint density at radius 1 is 1.15 bits per heavy atom. The van der Waals surface area contributed by atoms with Gasteiger partial charge in [0.25, 0.3) is 5.69 Å². The van der Waals surface area contributed by atoms with Crippen LogP contribution in [0.4, 0.5) is 5.69 Å². The molecular formula is C24H24Cl2N2O5. The molecule has 0 fully saturated rings. The number of benzene rings is 2. The zero-order valence-corrected chi connectivity index (χ0v) is 19.7. The summed E-state index contributed by atoms with van der Waals surface area (Å²) in [4.78, 5) is 22.6. The minimum atomic E-state index is -0.516. The number of furan rings is 1. The van der Waals surface area contributed by atoms with Crippen LogP contribution in [0, 0.1) is 10.1 Å². The number of carbonyl (C=O) groups is 1. The normalized spacial score (nSPS) is 12.8. The molecule has 2 unspecified atom stereocenters. The molecule has 1 N–H and O–H groups in total. The summed E-state index contributed by atoms with van der Waals surface area (Å²) in [6.07, 6.45) is 0.467. The van der Waals surface area contributed by atoms with Crippen molar-refractivity contribution < 1.29 is 18.9 Å². The van der Waals surface area contributed by atoms with E-state index in [0.717, 1.165) is 11.1 Å². The fraction of sp³-hybridized carbons (Fsp3) is 0.292. The third kappa shape index (κ3) is 6.35. The van der Waals surface area contributed by atoms with Crippen LogP contribution in [-0.2, 0) is 17.7 Å². The highest BCUT2D eigenvalue weighted by molar-refractivity contribution is 6.42. The van der Waals surface area contributed by atoms with E-state index in [0.29, 0.717) is 28.8 Å². The highest BCUT2D eigenvalue weighted by atomic mass is 35.5. The number of hydrogen-bond acceptors (Lipinski definition) is 6. The molecule has 0 amide bonds. The SMILES string of the molecule is CCOC(=O)c1ccc(CC(c2ccc([N+](=O)[O-])cc2)C(C)NCc2cccc(Cl)c2Cl)o1. The number of nitrogens with zero attached hydrogens (tertiary/aromatic N) is 1. The van der Waals surface area contributed by atoms with Crippen molar-refractivity contribution in [1.82, 2.24) is 5.32 Å².